The number of aliphatic imine (C=N–C) groups is 1. The molecular formula is C21H41N7O6S. The lowest BCUT2D eigenvalue weighted by Gasteiger charge is -2.26. The van der Waals surface area contributed by atoms with E-state index in [1.165, 1.54) is 18.7 Å². The molecule has 5 unspecified atom stereocenters. The fourth-order valence-electron chi connectivity index (χ4n) is 3.09. The average Bonchev–Trinajstić information content (AvgIpc) is 2.75. The third-order valence-electron chi connectivity index (χ3n) is 4.93. The monoisotopic (exact) mass is 519 g/mol. The van der Waals surface area contributed by atoms with E-state index in [9.17, 15) is 29.4 Å². The maximum absolute atomic E-state index is 13.0. The lowest BCUT2D eigenvalue weighted by Crippen LogP contribution is -2.58. The van der Waals surface area contributed by atoms with Gasteiger partial charge < -0.3 is 43.4 Å². The maximum Gasteiger partial charge on any atom is 0.328 e. The SMILES string of the molecule is CSCCC(NC(=O)C(N)CC(C)C)C(=O)NC(CCCN=C(N)N)C(=O)NC(C(=O)O)C(C)O. The van der Waals surface area contributed by atoms with Crippen LogP contribution in [0.15, 0.2) is 4.99 Å². The van der Waals surface area contributed by atoms with Crippen molar-refractivity contribution in [2.45, 2.75) is 76.7 Å². The molecule has 202 valence electrons. The maximum atomic E-state index is 13.0. The Morgan fingerprint density at radius 1 is 0.943 bits per heavy atom. The molecule has 3 amide bonds. The average molecular weight is 520 g/mol. The normalized spacial score (nSPS) is 15.3. The van der Waals surface area contributed by atoms with E-state index >= 15 is 0 Å². The van der Waals surface area contributed by atoms with E-state index in [0.717, 1.165) is 0 Å². The van der Waals surface area contributed by atoms with Crippen LogP contribution in [0.25, 0.3) is 0 Å². The number of hydrogen-bond donors (Lipinski definition) is 8. The van der Waals surface area contributed by atoms with Crippen molar-refractivity contribution in [3.8, 4) is 0 Å². The zero-order chi connectivity index (χ0) is 27.1. The molecule has 11 N–H and O–H groups in total. The predicted molar refractivity (Wildman–Crippen MR) is 135 cm³/mol. The number of guanidine groups is 1. The van der Waals surface area contributed by atoms with Crippen LogP contribution in [0.3, 0.4) is 0 Å². The number of nitrogens with two attached hydrogens (primary N) is 3. The molecule has 0 bridgehead atoms. The first-order valence-electron chi connectivity index (χ1n) is 11.4. The minimum atomic E-state index is -1.57. The summed E-state index contributed by atoms with van der Waals surface area (Å²) in [6.07, 6.45) is 1.59. The molecule has 0 saturated heterocycles. The minimum Gasteiger partial charge on any atom is -0.480 e. The van der Waals surface area contributed by atoms with Gasteiger partial charge >= 0.3 is 5.97 Å². The van der Waals surface area contributed by atoms with Crippen LogP contribution in [0.1, 0.15) is 46.5 Å². The van der Waals surface area contributed by atoms with Gasteiger partial charge in [-0.25, -0.2) is 4.79 Å². The Balaban J connectivity index is 5.57. The third kappa shape index (κ3) is 13.8. The first kappa shape index (κ1) is 32.4. The number of carboxylic acids is 1. The Bertz CT molecular complexity index is 731. The molecule has 35 heavy (non-hydrogen) atoms. The molecule has 0 radical (unpaired) electrons. The standard InChI is InChI=1S/C21H41N7O6S/c1-11(2)10-13(22)17(30)26-15(7-9-35-4)18(31)27-14(6-5-8-25-21(23)24)19(32)28-16(12(3)29)20(33)34/h11-16,29H,5-10,22H2,1-4H3,(H,26,30)(H,27,31)(H,28,32)(H,33,34)(H4,23,24,25). The number of nitrogens with one attached hydrogen (secondary N) is 3. The summed E-state index contributed by atoms with van der Waals surface area (Å²) < 4.78 is 0. The number of thioether (sulfide) groups is 1. The number of amides is 3. The summed E-state index contributed by atoms with van der Waals surface area (Å²) >= 11 is 1.48. The van der Waals surface area contributed by atoms with Gasteiger partial charge in [0, 0.05) is 6.54 Å². The van der Waals surface area contributed by atoms with Crippen molar-refractivity contribution >= 4 is 41.4 Å². The van der Waals surface area contributed by atoms with Crippen LogP contribution >= 0.6 is 11.8 Å². The van der Waals surface area contributed by atoms with Crippen LogP contribution in [0, 0.1) is 5.92 Å². The van der Waals surface area contributed by atoms with Crippen molar-refractivity contribution in [2.75, 3.05) is 18.6 Å². The molecule has 0 rings (SSSR count). The Morgan fingerprint density at radius 2 is 1.49 bits per heavy atom. The van der Waals surface area contributed by atoms with E-state index in [-0.39, 0.29) is 24.8 Å². The molecule has 0 aromatic carbocycles. The Hall–Kier alpha value is -2.58. The molecule has 0 aliphatic carbocycles. The molecule has 0 saturated carbocycles. The molecule has 13 nitrogen and oxygen atoms in total. The van der Waals surface area contributed by atoms with Crippen molar-refractivity contribution < 1.29 is 29.4 Å². The third-order valence-corrected chi connectivity index (χ3v) is 5.57. The summed E-state index contributed by atoms with van der Waals surface area (Å²) in [6.45, 7) is 5.25. The van der Waals surface area contributed by atoms with Gasteiger partial charge in [0.25, 0.3) is 0 Å². The summed E-state index contributed by atoms with van der Waals surface area (Å²) in [6, 6.07) is -4.47. The quantitative estimate of drug-likeness (QED) is 0.0602. The van der Waals surface area contributed by atoms with E-state index in [2.05, 4.69) is 20.9 Å². The number of aliphatic carboxylic acids is 1. The number of carboxylic acid groups (broad SMARTS) is 1. The Morgan fingerprint density at radius 3 is 1.97 bits per heavy atom. The second-order valence-corrected chi connectivity index (χ2v) is 9.64. The van der Waals surface area contributed by atoms with Crippen LogP contribution in [-0.2, 0) is 19.2 Å². The van der Waals surface area contributed by atoms with Gasteiger partial charge in [-0.05, 0) is 50.5 Å². The predicted octanol–water partition coefficient (Wildman–Crippen LogP) is -1.91. The fraction of sp³-hybridized carbons (Fsp3) is 0.762. The zero-order valence-corrected chi connectivity index (χ0v) is 21.6. The number of hydrogen-bond acceptors (Lipinski definition) is 8. The molecule has 0 aliphatic rings. The van der Waals surface area contributed by atoms with Gasteiger partial charge in [0.05, 0.1) is 12.1 Å². The van der Waals surface area contributed by atoms with E-state index in [1.807, 2.05) is 20.1 Å². The van der Waals surface area contributed by atoms with Gasteiger partial charge in [-0.2, -0.15) is 11.8 Å². The smallest absolute Gasteiger partial charge is 0.328 e. The molecule has 14 heteroatoms. The lowest BCUT2D eigenvalue weighted by atomic mass is 10.0. The van der Waals surface area contributed by atoms with Crippen LogP contribution in [0.5, 0.6) is 0 Å². The molecule has 0 fully saturated rings. The number of nitrogens with zero attached hydrogens (tertiary/aromatic N) is 1. The highest BCUT2D eigenvalue weighted by Gasteiger charge is 2.31. The highest BCUT2D eigenvalue weighted by molar-refractivity contribution is 7.98. The second-order valence-electron chi connectivity index (χ2n) is 8.65. The van der Waals surface area contributed by atoms with Crippen LogP contribution < -0.4 is 33.2 Å². The summed E-state index contributed by atoms with van der Waals surface area (Å²) in [7, 11) is 0. The fourth-order valence-corrected chi connectivity index (χ4v) is 3.56. The highest BCUT2D eigenvalue weighted by atomic mass is 32.2. The highest BCUT2D eigenvalue weighted by Crippen LogP contribution is 2.07. The van der Waals surface area contributed by atoms with Crippen molar-refractivity contribution in [2.24, 2.45) is 28.1 Å². The van der Waals surface area contributed by atoms with Gasteiger partial charge in [-0.1, -0.05) is 13.8 Å². The van der Waals surface area contributed by atoms with Gasteiger partial charge in [0.1, 0.15) is 12.1 Å². The molecule has 0 heterocycles. The van der Waals surface area contributed by atoms with Crippen molar-refractivity contribution in [1.29, 1.82) is 0 Å². The lowest BCUT2D eigenvalue weighted by molar-refractivity contribution is -0.145. The molecule has 0 spiro atoms. The molecular weight excluding hydrogens is 478 g/mol. The van der Waals surface area contributed by atoms with E-state index < -0.39 is 54.0 Å². The van der Waals surface area contributed by atoms with Crippen molar-refractivity contribution in [1.82, 2.24) is 16.0 Å². The number of carbonyl (C=O) groups excluding carboxylic acids is 3. The Labute approximate surface area is 210 Å². The summed E-state index contributed by atoms with van der Waals surface area (Å²) in [5.41, 5.74) is 16.5. The van der Waals surface area contributed by atoms with Crippen molar-refractivity contribution in [3.63, 3.8) is 0 Å². The molecule has 5 atom stereocenters. The topological polar surface area (TPSA) is 235 Å². The molecule has 0 aromatic heterocycles. The summed E-state index contributed by atoms with van der Waals surface area (Å²) in [5.74, 6) is -2.71. The van der Waals surface area contributed by atoms with Gasteiger partial charge in [-0.3, -0.25) is 19.4 Å². The second kappa shape index (κ2) is 16.9. The Kier molecular flexibility index (Phi) is 15.7. The van der Waals surface area contributed by atoms with E-state index in [0.29, 0.717) is 25.0 Å². The first-order chi connectivity index (χ1) is 16.3. The van der Waals surface area contributed by atoms with Gasteiger partial charge in [0.2, 0.25) is 17.7 Å². The zero-order valence-electron chi connectivity index (χ0n) is 20.8. The van der Waals surface area contributed by atoms with Crippen LogP contribution in [0.4, 0.5) is 0 Å². The molecule has 0 aliphatic heterocycles. The number of rotatable bonds is 17. The number of aliphatic hydroxyl groups excluding tert-OH is 1. The van der Waals surface area contributed by atoms with E-state index in [1.54, 1.807) is 0 Å². The van der Waals surface area contributed by atoms with Crippen LogP contribution in [0.2, 0.25) is 0 Å². The summed E-state index contributed by atoms with van der Waals surface area (Å²) in [4.78, 5) is 53.6. The summed E-state index contributed by atoms with van der Waals surface area (Å²) in [5, 5.41) is 26.4. The number of aliphatic hydroxyl groups is 1. The first-order valence-corrected chi connectivity index (χ1v) is 12.8. The van der Waals surface area contributed by atoms with Crippen LogP contribution in [-0.4, -0.2) is 88.7 Å². The van der Waals surface area contributed by atoms with E-state index in [4.69, 9.17) is 17.2 Å². The minimum absolute atomic E-state index is 0.0799. The van der Waals surface area contributed by atoms with Gasteiger partial charge in [-0.15, -0.1) is 0 Å². The van der Waals surface area contributed by atoms with Crippen molar-refractivity contribution in [3.05, 3.63) is 0 Å². The largest absolute Gasteiger partial charge is 0.480 e. The molecule has 0 aromatic rings. The number of carbonyl (C=O) groups is 4. The van der Waals surface area contributed by atoms with Gasteiger partial charge in [0.15, 0.2) is 12.0 Å².